The number of nitrogens with zero attached hydrogens (tertiary/aromatic N) is 3. The number of hydrogen-bond acceptors (Lipinski definition) is 4. The highest BCUT2D eigenvalue weighted by Gasteiger charge is 2.10. The minimum Gasteiger partial charge on any atom is -0.370 e. The van der Waals surface area contributed by atoms with Crippen molar-refractivity contribution < 1.29 is 0 Å². The van der Waals surface area contributed by atoms with E-state index >= 15 is 0 Å². The molecule has 1 aromatic rings. The molecule has 104 valence electrons. The molecule has 0 unspecified atom stereocenters. The van der Waals surface area contributed by atoms with Gasteiger partial charge in [0.05, 0.1) is 12.5 Å². The smallest absolute Gasteiger partial charge is 0.130 e. The van der Waals surface area contributed by atoms with Gasteiger partial charge in [0.1, 0.15) is 11.6 Å². The second kappa shape index (κ2) is 8.36. The molecule has 0 aromatic carbocycles. The molecule has 0 aliphatic heterocycles. The molecule has 0 bridgehead atoms. The zero-order valence-corrected chi connectivity index (χ0v) is 12.2. The van der Waals surface area contributed by atoms with Gasteiger partial charge in [0.2, 0.25) is 0 Å². The van der Waals surface area contributed by atoms with Crippen LogP contribution in [0, 0.1) is 17.2 Å². The van der Waals surface area contributed by atoms with E-state index in [1.165, 1.54) is 0 Å². The van der Waals surface area contributed by atoms with E-state index in [0.29, 0.717) is 12.3 Å². The summed E-state index contributed by atoms with van der Waals surface area (Å²) in [4.78, 5) is 6.81. The van der Waals surface area contributed by atoms with Crippen molar-refractivity contribution in [3.63, 3.8) is 0 Å². The summed E-state index contributed by atoms with van der Waals surface area (Å²) in [6.45, 7) is 9.08. The summed E-state index contributed by atoms with van der Waals surface area (Å²) >= 11 is 0. The Morgan fingerprint density at radius 1 is 1.42 bits per heavy atom. The number of hydrogen-bond donors (Lipinski definition) is 1. The average Bonchev–Trinajstić information content (AvgIpc) is 2.41. The van der Waals surface area contributed by atoms with Crippen molar-refractivity contribution in [3.8, 4) is 6.07 Å². The van der Waals surface area contributed by atoms with Crippen molar-refractivity contribution in [3.05, 3.63) is 18.2 Å². The van der Waals surface area contributed by atoms with Gasteiger partial charge in [0, 0.05) is 19.6 Å². The normalized spacial score (nSPS) is 10.3. The van der Waals surface area contributed by atoms with Crippen LogP contribution in [0.2, 0.25) is 0 Å². The number of nitriles is 1. The van der Waals surface area contributed by atoms with Crippen molar-refractivity contribution in [2.24, 2.45) is 5.92 Å². The molecule has 0 saturated heterocycles. The lowest BCUT2D eigenvalue weighted by Gasteiger charge is -2.25. The van der Waals surface area contributed by atoms with Crippen LogP contribution in [-0.4, -0.2) is 24.6 Å². The van der Waals surface area contributed by atoms with E-state index in [4.69, 9.17) is 5.26 Å². The van der Waals surface area contributed by atoms with Crippen LogP contribution >= 0.6 is 0 Å². The molecule has 1 aromatic heterocycles. The van der Waals surface area contributed by atoms with Crippen LogP contribution in [0.5, 0.6) is 0 Å². The molecule has 0 radical (unpaired) electrons. The highest BCUT2D eigenvalue weighted by molar-refractivity contribution is 5.47. The molecule has 0 spiro atoms. The summed E-state index contributed by atoms with van der Waals surface area (Å²) in [5.74, 6) is 2.41. The van der Waals surface area contributed by atoms with Gasteiger partial charge in [-0.3, -0.25) is 0 Å². The maximum absolute atomic E-state index is 8.76. The van der Waals surface area contributed by atoms with E-state index in [0.717, 1.165) is 37.7 Å². The Kier molecular flexibility index (Phi) is 6.73. The van der Waals surface area contributed by atoms with Crippen molar-refractivity contribution >= 4 is 11.6 Å². The molecule has 0 fully saturated rings. The predicted octanol–water partition coefficient (Wildman–Crippen LogP) is 3.28. The second-order valence-corrected chi connectivity index (χ2v) is 5.06. The molecule has 1 heterocycles. The summed E-state index contributed by atoms with van der Waals surface area (Å²) < 4.78 is 0. The summed E-state index contributed by atoms with van der Waals surface area (Å²) in [7, 11) is 0. The Morgan fingerprint density at radius 3 is 2.84 bits per heavy atom. The summed E-state index contributed by atoms with van der Waals surface area (Å²) in [5.41, 5.74) is 0. The van der Waals surface area contributed by atoms with Crippen LogP contribution in [0.25, 0.3) is 0 Å². The number of rotatable bonds is 8. The molecule has 0 saturated carbocycles. The van der Waals surface area contributed by atoms with Crippen molar-refractivity contribution in [2.75, 3.05) is 29.9 Å². The van der Waals surface area contributed by atoms with E-state index in [-0.39, 0.29) is 0 Å². The fourth-order valence-corrected chi connectivity index (χ4v) is 1.88. The summed E-state index contributed by atoms with van der Waals surface area (Å²) in [6, 6.07) is 8.21. The third-order valence-electron chi connectivity index (χ3n) is 2.69. The van der Waals surface area contributed by atoms with E-state index in [1.807, 2.05) is 18.2 Å². The summed E-state index contributed by atoms with van der Waals surface area (Å²) in [6.07, 6.45) is 1.61. The maximum Gasteiger partial charge on any atom is 0.130 e. The zero-order chi connectivity index (χ0) is 14.1. The fraction of sp³-hybridized carbons (Fsp3) is 0.600. The van der Waals surface area contributed by atoms with Crippen LogP contribution < -0.4 is 10.2 Å². The molecular weight excluding hydrogens is 236 g/mol. The summed E-state index contributed by atoms with van der Waals surface area (Å²) in [5, 5.41) is 12.1. The minimum atomic E-state index is 0.529. The van der Waals surface area contributed by atoms with E-state index < -0.39 is 0 Å². The molecule has 4 heteroatoms. The van der Waals surface area contributed by atoms with Crippen LogP contribution in [0.1, 0.15) is 33.6 Å². The highest BCUT2D eigenvalue weighted by Crippen LogP contribution is 2.16. The third-order valence-corrected chi connectivity index (χ3v) is 2.69. The third kappa shape index (κ3) is 5.60. The largest absolute Gasteiger partial charge is 0.370 e. The lowest BCUT2D eigenvalue weighted by molar-refractivity contribution is 0.608. The Morgan fingerprint density at radius 2 is 2.21 bits per heavy atom. The van der Waals surface area contributed by atoms with Gasteiger partial charge in [0.25, 0.3) is 0 Å². The number of anilines is 2. The van der Waals surface area contributed by atoms with Crippen molar-refractivity contribution in [2.45, 2.75) is 33.6 Å². The standard InChI is InChI=1S/C15H24N4/c1-4-10-17-14-7-5-8-15(18-14)19(11-6-9-16)12-13(2)3/h5,7-8,13H,4,6,10-12H2,1-3H3,(H,17,18). The van der Waals surface area contributed by atoms with Gasteiger partial charge in [-0.2, -0.15) is 5.26 Å². The van der Waals surface area contributed by atoms with Crippen LogP contribution in [0.15, 0.2) is 18.2 Å². The zero-order valence-electron chi connectivity index (χ0n) is 12.2. The lowest BCUT2D eigenvalue weighted by atomic mass is 10.2. The second-order valence-electron chi connectivity index (χ2n) is 5.06. The van der Waals surface area contributed by atoms with Crippen molar-refractivity contribution in [1.82, 2.24) is 4.98 Å². The first kappa shape index (κ1) is 15.3. The number of nitrogens with one attached hydrogen (secondary N) is 1. The van der Waals surface area contributed by atoms with Gasteiger partial charge in [-0.05, 0) is 24.5 Å². The molecular formula is C15H24N4. The maximum atomic E-state index is 8.76. The first-order valence-corrected chi connectivity index (χ1v) is 7.00. The Balaban J connectivity index is 2.79. The van der Waals surface area contributed by atoms with Crippen LogP contribution in [-0.2, 0) is 0 Å². The van der Waals surface area contributed by atoms with Crippen molar-refractivity contribution in [1.29, 1.82) is 5.26 Å². The number of pyridine rings is 1. The SMILES string of the molecule is CCCNc1cccc(N(CCC#N)CC(C)C)n1. The Labute approximate surface area is 116 Å². The van der Waals surface area contributed by atoms with E-state index in [1.54, 1.807) is 0 Å². The van der Waals surface area contributed by atoms with Crippen LogP contribution in [0.3, 0.4) is 0 Å². The topological polar surface area (TPSA) is 52.0 Å². The van der Waals surface area contributed by atoms with Gasteiger partial charge < -0.3 is 10.2 Å². The molecule has 19 heavy (non-hydrogen) atoms. The van der Waals surface area contributed by atoms with Crippen LogP contribution in [0.4, 0.5) is 11.6 Å². The quantitative estimate of drug-likeness (QED) is 0.779. The fourth-order valence-electron chi connectivity index (χ4n) is 1.88. The molecule has 4 nitrogen and oxygen atoms in total. The van der Waals surface area contributed by atoms with E-state index in [2.05, 4.69) is 42.0 Å². The lowest BCUT2D eigenvalue weighted by Crippen LogP contribution is -2.29. The highest BCUT2D eigenvalue weighted by atomic mass is 15.2. The molecule has 0 atom stereocenters. The van der Waals surface area contributed by atoms with Gasteiger partial charge in [0.15, 0.2) is 0 Å². The van der Waals surface area contributed by atoms with E-state index in [9.17, 15) is 0 Å². The Bertz CT molecular complexity index is 409. The molecule has 0 amide bonds. The molecule has 1 rings (SSSR count). The van der Waals surface area contributed by atoms with Gasteiger partial charge in [-0.1, -0.05) is 26.8 Å². The first-order valence-electron chi connectivity index (χ1n) is 7.00. The molecule has 0 aliphatic rings. The van der Waals surface area contributed by atoms with Gasteiger partial charge >= 0.3 is 0 Å². The first-order chi connectivity index (χ1) is 9.17. The monoisotopic (exact) mass is 260 g/mol. The molecule has 0 aliphatic carbocycles. The number of aromatic nitrogens is 1. The predicted molar refractivity (Wildman–Crippen MR) is 80.3 cm³/mol. The Hall–Kier alpha value is -1.76. The molecule has 1 N–H and O–H groups in total. The van der Waals surface area contributed by atoms with Gasteiger partial charge in [-0.15, -0.1) is 0 Å². The van der Waals surface area contributed by atoms with Gasteiger partial charge in [-0.25, -0.2) is 4.98 Å². The average molecular weight is 260 g/mol. The minimum absolute atomic E-state index is 0.529.